The molecule has 0 aromatic carbocycles. The molecule has 0 spiro atoms. The number of likely N-dealkylation sites (tertiary alicyclic amines) is 1. The van der Waals surface area contributed by atoms with Crippen LogP contribution in [-0.2, 0) is 19.1 Å². The molecule has 30 heavy (non-hydrogen) atoms. The van der Waals surface area contributed by atoms with E-state index >= 15 is 0 Å². The van der Waals surface area contributed by atoms with Crippen molar-refractivity contribution in [1.82, 2.24) is 9.80 Å². The zero-order chi connectivity index (χ0) is 21.0. The second-order valence-electron chi connectivity index (χ2n) is 8.19. The number of allylic oxidation sites excluding steroid dienone is 2. The van der Waals surface area contributed by atoms with Gasteiger partial charge in [-0.1, -0.05) is 12.2 Å². The maximum absolute atomic E-state index is 13.3. The van der Waals surface area contributed by atoms with Gasteiger partial charge >= 0.3 is 5.88 Å². The SMILES string of the molecule is O=C(CC(c1ccc([N+](=O)[O-])o1)N1C(=O)C2C3C=CC(C3)C2C1=O)N1CCOCC1. The van der Waals surface area contributed by atoms with Crippen LogP contribution in [0.25, 0.3) is 0 Å². The third-order valence-corrected chi connectivity index (χ3v) is 6.67. The Kier molecular flexibility index (Phi) is 4.46. The van der Waals surface area contributed by atoms with Crippen molar-refractivity contribution >= 4 is 23.6 Å². The van der Waals surface area contributed by atoms with Crippen LogP contribution in [0.3, 0.4) is 0 Å². The fourth-order valence-corrected chi connectivity index (χ4v) is 5.28. The van der Waals surface area contributed by atoms with Gasteiger partial charge in [-0.15, -0.1) is 0 Å². The van der Waals surface area contributed by atoms with E-state index in [1.807, 2.05) is 12.2 Å². The van der Waals surface area contributed by atoms with Crippen molar-refractivity contribution in [2.45, 2.75) is 18.9 Å². The predicted molar refractivity (Wildman–Crippen MR) is 99.7 cm³/mol. The van der Waals surface area contributed by atoms with E-state index in [-0.39, 0.29) is 41.7 Å². The highest BCUT2D eigenvalue weighted by atomic mass is 16.6. The van der Waals surface area contributed by atoms with Crippen LogP contribution in [0.2, 0.25) is 0 Å². The standard InChI is InChI=1S/C20H21N3O7/c24-15(21-5-7-29-8-6-21)10-13(14-3-4-16(30-14)23(27)28)22-19(25)17-11-1-2-12(9-11)18(17)20(22)26/h1-4,11-13,17-18H,5-10H2. The van der Waals surface area contributed by atoms with Gasteiger partial charge in [0.1, 0.15) is 16.7 Å². The van der Waals surface area contributed by atoms with Gasteiger partial charge in [0.05, 0.1) is 37.5 Å². The molecule has 3 fully saturated rings. The molecule has 10 heteroatoms. The van der Waals surface area contributed by atoms with Crippen LogP contribution in [-0.4, -0.2) is 58.7 Å². The van der Waals surface area contributed by atoms with Gasteiger partial charge in [0.2, 0.25) is 17.7 Å². The van der Waals surface area contributed by atoms with Gasteiger partial charge in [-0.2, -0.15) is 0 Å². The van der Waals surface area contributed by atoms with Gasteiger partial charge in [0.25, 0.3) is 0 Å². The summed E-state index contributed by atoms with van der Waals surface area (Å²) in [4.78, 5) is 52.6. The summed E-state index contributed by atoms with van der Waals surface area (Å²) >= 11 is 0. The van der Waals surface area contributed by atoms with E-state index in [1.54, 1.807) is 4.90 Å². The molecule has 5 atom stereocenters. The fraction of sp³-hybridized carbons (Fsp3) is 0.550. The Morgan fingerprint density at radius 3 is 2.33 bits per heavy atom. The summed E-state index contributed by atoms with van der Waals surface area (Å²) in [5.74, 6) is -2.08. The van der Waals surface area contributed by atoms with E-state index < -0.39 is 28.7 Å². The molecule has 2 aliphatic carbocycles. The molecule has 10 nitrogen and oxygen atoms in total. The van der Waals surface area contributed by atoms with Crippen LogP contribution in [0.1, 0.15) is 24.6 Å². The number of morpholine rings is 1. The molecular weight excluding hydrogens is 394 g/mol. The Hall–Kier alpha value is -3.01. The molecule has 0 radical (unpaired) electrons. The second-order valence-corrected chi connectivity index (χ2v) is 8.19. The first-order valence-electron chi connectivity index (χ1n) is 10.1. The number of imide groups is 1. The third-order valence-electron chi connectivity index (χ3n) is 6.67. The quantitative estimate of drug-likeness (QED) is 0.307. The van der Waals surface area contributed by atoms with Crippen LogP contribution in [0.5, 0.6) is 0 Å². The smallest absolute Gasteiger partial charge is 0.404 e. The highest BCUT2D eigenvalue weighted by Crippen LogP contribution is 2.54. The van der Waals surface area contributed by atoms with E-state index in [2.05, 4.69) is 0 Å². The van der Waals surface area contributed by atoms with E-state index in [0.29, 0.717) is 26.3 Å². The number of carbonyl (C=O) groups excluding carboxylic acids is 3. The summed E-state index contributed by atoms with van der Waals surface area (Å²) in [6, 6.07) is 1.55. The van der Waals surface area contributed by atoms with Gasteiger partial charge in [-0.3, -0.25) is 29.4 Å². The van der Waals surface area contributed by atoms with Crippen molar-refractivity contribution in [2.24, 2.45) is 23.7 Å². The molecule has 2 saturated heterocycles. The number of nitrogens with zero attached hydrogens (tertiary/aromatic N) is 3. The number of amides is 3. The van der Waals surface area contributed by atoms with Crippen molar-refractivity contribution in [2.75, 3.05) is 26.3 Å². The van der Waals surface area contributed by atoms with Crippen LogP contribution in [0, 0.1) is 33.8 Å². The highest BCUT2D eigenvalue weighted by molar-refractivity contribution is 6.07. The van der Waals surface area contributed by atoms with Gasteiger partial charge in [0.15, 0.2) is 0 Å². The molecule has 0 N–H and O–H groups in total. The minimum atomic E-state index is -1.00. The number of fused-ring (bicyclic) bond motifs is 5. The number of hydrogen-bond acceptors (Lipinski definition) is 7. The molecule has 3 amide bonds. The number of rotatable bonds is 5. The van der Waals surface area contributed by atoms with E-state index in [1.165, 1.54) is 12.1 Å². The van der Waals surface area contributed by atoms with E-state index in [9.17, 15) is 24.5 Å². The van der Waals surface area contributed by atoms with Crippen molar-refractivity contribution in [3.8, 4) is 0 Å². The first-order chi connectivity index (χ1) is 14.5. The summed E-state index contributed by atoms with van der Waals surface area (Å²) in [6.07, 6.45) is 4.60. The topological polar surface area (TPSA) is 123 Å². The van der Waals surface area contributed by atoms with E-state index in [4.69, 9.17) is 9.15 Å². The summed E-state index contributed by atoms with van der Waals surface area (Å²) in [6.45, 7) is 1.68. The fourth-order valence-electron chi connectivity index (χ4n) is 5.28. The number of nitro groups is 1. The first kappa shape index (κ1) is 19.0. The average molecular weight is 415 g/mol. The lowest BCUT2D eigenvalue weighted by atomic mass is 9.85. The van der Waals surface area contributed by atoms with Crippen molar-refractivity contribution in [1.29, 1.82) is 0 Å². The molecule has 4 aliphatic rings. The number of ether oxygens (including phenoxy) is 1. The van der Waals surface area contributed by atoms with Gasteiger partial charge in [0, 0.05) is 13.1 Å². The Balaban J connectivity index is 1.46. The maximum Gasteiger partial charge on any atom is 0.433 e. The normalized spacial score (nSPS) is 30.8. The summed E-state index contributed by atoms with van der Waals surface area (Å²) in [5.41, 5.74) is 0. The number of carbonyl (C=O) groups is 3. The molecule has 3 heterocycles. The van der Waals surface area contributed by atoms with Gasteiger partial charge in [-0.05, 0) is 24.3 Å². The lowest BCUT2D eigenvalue weighted by Crippen LogP contribution is -2.44. The largest absolute Gasteiger partial charge is 0.433 e. The van der Waals surface area contributed by atoms with Crippen LogP contribution < -0.4 is 0 Å². The van der Waals surface area contributed by atoms with Gasteiger partial charge in [-0.25, -0.2) is 0 Å². The zero-order valence-corrected chi connectivity index (χ0v) is 16.1. The maximum atomic E-state index is 13.3. The van der Waals surface area contributed by atoms with Crippen LogP contribution >= 0.6 is 0 Å². The van der Waals surface area contributed by atoms with Crippen LogP contribution in [0.15, 0.2) is 28.7 Å². The summed E-state index contributed by atoms with van der Waals surface area (Å²) in [5, 5.41) is 11.1. The first-order valence-corrected chi connectivity index (χ1v) is 10.1. The Labute approximate surface area is 171 Å². The molecule has 2 bridgehead atoms. The average Bonchev–Trinajstić information content (AvgIpc) is 3.51. The lowest BCUT2D eigenvalue weighted by Gasteiger charge is -2.31. The molecule has 1 aromatic heterocycles. The Morgan fingerprint density at radius 1 is 1.13 bits per heavy atom. The monoisotopic (exact) mass is 415 g/mol. The van der Waals surface area contributed by atoms with Crippen molar-refractivity contribution in [3.63, 3.8) is 0 Å². The summed E-state index contributed by atoms with van der Waals surface area (Å²) in [7, 11) is 0. The van der Waals surface area contributed by atoms with Gasteiger partial charge < -0.3 is 14.1 Å². The minimum absolute atomic E-state index is 0.0305. The Bertz CT molecular complexity index is 918. The highest BCUT2D eigenvalue weighted by Gasteiger charge is 2.61. The number of hydrogen-bond donors (Lipinski definition) is 0. The molecule has 158 valence electrons. The molecule has 1 saturated carbocycles. The van der Waals surface area contributed by atoms with Crippen molar-refractivity contribution in [3.05, 3.63) is 40.2 Å². The predicted octanol–water partition coefficient (Wildman–Crippen LogP) is 1.28. The molecular formula is C20H21N3O7. The molecule has 1 aromatic rings. The lowest BCUT2D eigenvalue weighted by molar-refractivity contribution is -0.402. The molecule has 5 rings (SSSR count). The Morgan fingerprint density at radius 2 is 1.77 bits per heavy atom. The molecule has 5 unspecified atom stereocenters. The van der Waals surface area contributed by atoms with Crippen LogP contribution in [0.4, 0.5) is 5.88 Å². The number of furan rings is 1. The molecule has 2 aliphatic heterocycles. The van der Waals surface area contributed by atoms with Crippen molar-refractivity contribution < 1.29 is 28.5 Å². The second kappa shape index (κ2) is 7.05. The summed E-state index contributed by atoms with van der Waals surface area (Å²) < 4.78 is 10.6. The third kappa shape index (κ3) is 2.85. The minimum Gasteiger partial charge on any atom is -0.404 e. The van der Waals surface area contributed by atoms with E-state index in [0.717, 1.165) is 11.3 Å². The zero-order valence-electron chi connectivity index (χ0n) is 16.1.